The van der Waals surface area contributed by atoms with Crippen molar-refractivity contribution in [3.63, 3.8) is 0 Å². The molecule has 2 aromatic carbocycles. The molecule has 0 unspecified atom stereocenters. The fraction of sp³-hybridized carbons (Fsp3) is 0.217. The number of nitrogens with one attached hydrogen (secondary N) is 1. The lowest BCUT2D eigenvalue weighted by Crippen LogP contribution is -2.30. The Labute approximate surface area is 180 Å². The number of anilines is 1. The van der Waals surface area contributed by atoms with Gasteiger partial charge in [-0.3, -0.25) is 4.79 Å². The van der Waals surface area contributed by atoms with Gasteiger partial charge in [-0.25, -0.2) is 9.69 Å². The van der Waals surface area contributed by atoms with Crippen molar-refractivity contribution < 1.29 is 19.1 Å². The zero-order valence-corrected chi connectivity index (χ0v) is 17.7. The first-order valence-electron chi connectivity index (χ1n) is 9.64. The summed E-state index contributed by atoms with van der Waals surface area (Å²) in [6.07, 6.45) is 3.96. The highest BCUT2D eigenvalue weighted by Crippen LogP contribution is 2.35. The van der Waals surface area contributed by atoms with Crippen molar-refractivity contribution in [2.75, 3.05) is 18.1 Å². The lowest BCUT2D eigenvalue weighted by molar-refractivity contribution is -0.113. The lowest BCUT2D eigenvalue weighted by Gasteiger charge is -2.16. The van der Waals surface area contributed by atoms with Crippen molar-refractivity contribution in [3.05, 3.63) is 70.9 Å². The highest BCUT2D eigenvalue weighted by Gasteiger charge is 2.35. The monoisotopic (exact) mass is 426 g/mol. The number of carbonyl (C=O) groups excluding carboxylic acids is 2. The number of imide groups is 1. The van der Waals surface area contributed by atoms with Crippen molar-refractivity contribution in [3.8, 4) is 11.5 Å². The molecular formula is C23H23ClN2O4. The van der Waals surface area contributed by atoms with Crippen LogP contribution in [0.25, 0.3) is 6.08 Å². The Morgan fingerprint density at radius 2 is 1.90 bits per heavy atom. The van der Waals surface area contributed by atoms with Gasteiger partial charge in [-0.1, -0.05) is 23.7 Å². The molecule has 3 amide bonds. The molecule has 1 fully saturated rings. The smallest absolute Gasteiger partial charge is 0.333 e. The number of urea groups is 1. The van der Waals surface area contributed by atoms with Crippen molar-refractivity contribution in [2.24, 2.45) is 0 Å². The van der Waals surface area contributed by atoms with Crippen molar-refractivity contribution in [2.45, 2.75) is 20.3 Å². The summed E-state index contributed by atoms with van der Waals surface area (Å²) in [4.78, 5) is 26.4. The van der Waals surface area contributed by atoms with Gasteiger partial charge in [0.05, 0.1) is 18.9 Å². The molecular weight excluding hydrogens is 404 g/mol. The highest BCUT2D eigenvalue weighted by molar-refractivity contribution is 6.32. The van der Waals surface area contributed by atoms with Gasteiger partial charge in [-0.15, -0.1) is 6.58 Å². The maximum absolute atomic E-state index is 12.9. The maximum Gasteiger partial charge on any atom is 0.333 e. The van der Waals surface area contributed by atoms with Gasteiger partial charge in [0.25, 0.3) is 5.91 Å². The van der Waals surface area contributed by atoms with Crippen LogP contribution in [0.5, 0.6) is 11.5 Å². The van der Waals surface area contributed by atoms with E-state index in [2.05, 4.69) is 11.9 Å². The van der Waals surface area contributed by atoms with E-state index in [1.807, 2.05) is 19.9 Å². The second-order valence-corrected chi connectivity index (χ2v) is 6.91. The molecule has 0 atom stereocenters. The maximum atomic E-state index is 12.9. The molecule has 1 heterocycles. The molecule has 0 radical (unpaired) electrons. The average Bonchev–Trinajstić information content (AvgIpc) is 2.98. The van der Waals surface area contributed by atoms with Crippen LogP contribution in [-0.4, -0.2) is 25.2 Å². The summed E-state index contributed by atoms with van der Waals surface area (Å²) < 4.78 is 11.5. The molecule has 1 N–H and O–H groups in total. The van der Waals surface area contributed by atoms with Crippen LogP contribution in [0.1, 0.15) is 25.0 Å². The number of ether oxygens (including phenoxy) is 2. The summed E-state index contributed by atoms with van der Waals surface area (Å²) in [6.45, 7) is 8.55. The standard InChI is InChI=1S/C23H23ClN2O4/c1-4-8-16-11-15(13-20(29-5-2)21(16)30-6-3)12-19-22(27)26(23(28)25-19)18-10-7-9-17(24)14-18/h4,7,9-14H,1,5-6,8H2,2-3H3,(H,25,28). The Balaban J connectivity index is 2.00. The summed E-state index contributed by atoms with van der Waals surface area (Å²) in [7, 11) is 0. The Hall–Kier alpha value is -3.25. The number of amides is 3. The summed E-state index contributed by atoms with van der Waals surface area (Å²) >= 11 is 6.00. The number of hydrogen-bond acceptors (Lipinski definition) is 4. The van der Waals surface area contributed by atoms with Crippen molar-refractivity contribution >= 4 is 35.3 Å². The third kappa shape index (κ3) is 4.49. The number of allylic oxidation sites excluding steroid dienone is 1. The molecule has 0 aromatic heterocycles. The van der Waals surface area contributed by atoms with Crippen LogP contribution in [0.2, 0.25) is 5.02 Å². The fourth-order valence-corrected chi connectivity index (χ4v) is 3.38. The first kappa shape index (κ1) is 21.5. The summed E-state index contributed by atoms with van der Waals surface area (Å²) in [5, 5.41) is 3.06. The molecule has 2 aromatic rings. The van der Waals surface area contributed by atoms with Crippen LogP contribution in [0.4, 0.5) is 10.5 Å². The second kappa shape index (κ2) is 9.50. The van der Waals surface area contributed by atoms with E-state index in [1.54, 1.807) is 42.5 Å². The third-order valence-corrected chi connectivity index (χ3v) is 4.60. The Morgan fingerprint density at radius 3 is 2.57 bits per heavy atom. The molecule has 1 aliphatic heterocycles. The molecule has 0 bridgehead atoms. The normalized spacial score (nSPS) is 14.8. The number of benzene rings is 2. The summed E-state index contributed by atoms with van der Waals surface area (Å²) in [5.74, 6) is 0.775. The number of hydrogen-bond donors (Lipinski definition) is 1. The fourth-order valence-electron chi connectivity index (χ4n) is 3.20. The SMILES string of the molecule is C=CCc1cc(C=C2NC(=O)N(c3cccc(Cl)c3)C2=O)cc(OCC)c1OCC. The molecule has 0 aliphatic carbocycles. The Morgan fingerprint density at radius 1 is 1.13 bits per heavy atom. The molecule has 7 heteroatoms. The topological polar surface area (TPSA) is 67.9 Å². The van der Waals surface area contributed by atoms with Gasteiger partial charge in [0.2, 0.25) is 0 Å². The summed E-state index contributed by atoms with van der Waals surface area (Å²) in [6, 6.07) is 9.72. The van der Waals surface area contributed by atoms with Crippen LogP contribution >= 0.6 is 11.6 Å². The largest absolute Gasteiger partial charge is 0.490 e. The van der Waals surface area contributed by atoms with E-state index in [-0.39, 0.29) is 5.70 Å². The van der Waals surface area contributed by atoms with Gasteiger partial charge in [-0.2, -0.15) is 0 Å². The Kier molecular flexibility index (Phi) is 6.79. The zero-order valence-electron chi connectivity index (χ0n) is 16.9. The molecule has 1 saturated heterocycles. The molecule has 0 spiro atoms. The molecule has 30 heavy (non-hydrogen) atoms. The van der Waals surface area contributed by atoms with Gasteiger partial charge in [0.1, 0.15) is 5.70 Å². The molecule has 6 nitrogen and oxygen atoms in total. The first-order chi connectivity index (χ1) is 14.5. The van der Waals surface area contributed by atoms with E-state index in [0.717, 1.165) is 10.5 Å². The van der Waals surface area contributed by atoms with E-state index < -0.39 is 11.9 Å². The predicted octanol–water partition coefficient (Wildman–Crippen LogP) is 4.96. The molecule has 0 saturated carbocycles. The average molecular weight is 427 g/mol. The summed E-state index contributed by atoms with van der Waals surface area (Å²) in [5.41, 5.74) is 2.15. The van der Waals surface area contributed by atoms with Crippen LogP contribution < -0.4 is 19.7 Å². The van der Waals surface area contributed by atoms with Crippen LogP contribution in [0, 0.1) is 0 Å². The van der Waals surface area contributed by atoms with Gasteiger partial charge >= 0.3 is 6.03 Å². The third-order valence-electron chi connectivity index (χ3n) is 4.36. The van der Waals surface area contributed by atoms with Crippen LogP contribution in [0.3, 0.4) is 0 Å². The Bertz CT molecular complexity index is 1020. The quantitative estimate of drug-likeness (QED) is 0.368. The predicted molar refractivity (Wildman–Crippen MR) is 118 cm³/mol. The van der Waals surface area contributed by atoms with E-state index in [1.165, 1.54) is 0 Å². The lowest BCUT2D eigenvalue weighted by atomic mass is 10.0. The number of carbonyl (C=O) groups is 2. The van der Waals surface area contributed by atoms with Crippen LogP contribution in [0.15, 0.2) is 54.8 Å². The minimum Gasteiger partial charge on any atom is -0.490 e. The highest BCUT2D eigenvalue weighted by atomic mass is 35.5. The molecule has 156 valence electrons. The van der Waals surface area contributed by atoms with Gasteiger partial charge in [0, 0.05) is 10.6 Å². The molecule has 1 aliphatic rings. The van der Waals surface area contributed by atoms with E-state index in [4.69, 9.17) is 21.1 Å². The zero-order chi connectivity index (χ0) is 21.7. The van der Waals surface area contributed by atoms with Crippen molar-refractivity contribution in [1.82, 2.24) is 5.32 Å². The van der Waals surface area contributed by atoms with E-state index in [9.17, 15) is 9.59 Å². The number of nitrogens with zero attached hydrogens (tertiary/aromatic N) is 1. The number of halogens is 1. The van der Waals surface area contributed by atoms with Gasteiger partial charge in [0.15, 0.2) is 11.5 Å². The van der Waals surface area contributed by atoms with Gasteiger partial charge < -0.3 is 14.8 Å². The van der Waals surface area contributed by atoms with E-state index >= 15 is 0 Å². The van der Waals surface area contributed by atoms with Crippen molar-refractivity contribution in [1.29, 1.82) is 0 Å². The van der Waals surface area contributed by atoms with E-state index in [0.29, 0.717) is 47.4 Å². The minimum atomic E-state index is -0.532. The first-order valence-corrected chi connectivity index (χ1v) is 10.0. The van der Waals surface area contributed by atoms with Crippen LogP contribution in [-0.2, 0) is 11.2 Å². The second-order valence-electron chi connectivity index (χ2n) is 6.47. The molecule has 3 rings (SSSR count). The van der Waals surface area contributed by atoms with Gasteiger partial charge in [-0.05, 0) is 62.2 Å². The minimum absolute atomic E-state index is 0.163. The number of rotatable bonds is 8.